The summed E-state index contributed by atoms with van der Waals surface area (Å²) >= 11 is 0. The van der Waals surface area contributed by atoms with Crippen molar-refractivity contribution in [3.05, 3.63) is 10.4 Å². The van der Waals surface area contributed by atoms with Crippen molar-refractivity contribution in [3.8, 4) is 0 Å². The zero-order valence-electron chi connectivity index (χ0n) is 11.9. The van der Waals surface area contributed by atoms with E-state index >= 15 is 0 Å². The summed E-state index contributed by atoms with van der Waals surface area (Å²) in [5, 5.41) is 6.82. The first kappa shape index (κ1) is 15.8. The van der Waals surface area contributed by atoms with E-state index in [1.165, 1.54) is 13.5 Å². The molecular weight excluding hydrogens is 244 g/mol. The van der Waals surface area contributed by atoms with Crippen LogP contribution in [0.4, 0.5) is 0 Å². The minimum atomic E-state index is -0.531. The third kappa shape index (κ3) is 4.40. The Labute approximate surface area is 114 Å². The summed E-state index contributed by atoms with van der Waals surface area (Å²) in [4.78, 5) is 14.8. The van der Waals surface area contributed by atoms with E-state index < -0.39 is 5.54 Å². The molecule has 0 aromatic carbocycles. The first-order chi connectivity index (χ1) is 9.18. The molecule has 6 heteroatoms. The van der Waals surface area contributed by atoms with E-state index in [0.29, 0.717) is 13.1 Å². The SMILES string of the molecule is CCC1CCC(NCCCN=[N+]=[N-])(C(=O)OC)CC1. The molecular formula is C13H24N4O2. The maximum atomic E-state index is 12.0. The van der Waals surface area contributed by atoms with Gasteiger partial charge in [-0.15, -0.1) is 0 Å². The van der Waals surface area contributed by atoms with Crippen LogP contribution in [-0.4, -0.2) is 31.7 Å². The van der Waals surface area contributed by atoms with E-state index in [4.69, 9.17) is 10.3 Å². The van der Waals surface area contributed by atoms with Crippen molar-refractivity contribution >= 4 is 5.97 Å². The highest BCUT2D eigenvalue weighted by Gasteiger charge is 2.41. The van der Waals surface area contributed by atoms with E-state index in [1.54, 1.807) is 0 Å². The molecule has 1 fully saturated rings. The van der Waals surface area contributed by atoms with E-state index in [9.17, 15) is 4.79 Å². The third-order valence-electron chi connectivity index (χ3n) is 4.07. The van der Waals surface area contributed by atoms with Crippen molar-refractivity contribution in [2.75, 3.05) is 20.2 Å². The van der Waals surface area contributed by atoms with E-state index in [0.717, 1.165) is 38.0 Å². The summed E-state index contributed by atoms with van der Waals surface area (Å²) in [5.74, 6) is 0.564. The lowest BCUT2D eigenvalue weighted by atomic mass is 9.75. The Morgan fingerprint density at radius 2 is 2.21 bits per heavy atom. The molecule has 108 valence electrons. The summed E-state index contributed by atoms with van der Waals surface area (Å²) < 4.78 is 4.96. The summed E-state index contributed by atoms with van der Waals surface area (Å²) in [7, 11) is 1.44. The molecule has 0 unspecified atom stereocenters. The van der Waals surface area contributed by atoms with Crippen LogP contribution < -0.4 is 5.32 Å². The maximum absolute atomic E-state index is 12.0. The molecule has 6 nitrogen and oxygen atoms in total. The van der Waals surface area contributed by atoms with Crippen molar-refractivity contribution in [1.29, 1.82) is 0 Å². The van der Waals surface area contributed by atoms with Crippen LogP contribution in [0.5, 0.6) is 0 Å². The maximum Gasteiger partial charge on any atom is 0.326 e. The van der Waals surface area contributed by atoms with E-state index in [-0.39, 0.29) is 5.97 Å². The number of ether oxygens (including phenoxy) is 1. The lowest BCUT2D eigenvalue weighted by Gasteiger charge is -2.38. The number of methoxy groups -OCH3 is 1. The molecule has 1 rings (SSSR count). The second kappa shape index (κ2) is 8.02. The average molecular weight is 268 g/mol. The first-order valence-corrected chi connectivity index (χ1v) is 7.03. The van der Waals surface area contributed by atoms with Gasteiger partial charge in [0.05, 0.1) is 7.11 Å². The van der Waals surface area contributed by atoms with Crippen molar-refractivity contribution in [3.63, 3.8) is 0 Å². The zero-order valence-corrected chi connectivity index (χ0v) is 11.9. The smallest absolute Gasteiger partial charge is 0.326 e. The molecule has 1 aliphatic carbocycles. The largest absolute Gasteiger partial charge is 0.468 e. The zero-order chi connectivity index (χ0) is 14.1. The van der Waals surface area contributed by atoms with Gasteiger partial charge in [0.15, 0.2) is 0 Å². The molecule has 0 heterocycles. The second-order valence-corrected chi connectivity index (χ2v) is 5.16. The highest BCUT2D eigenvalue weighted by molar-refractivity contribution is 5.80. The fourth-order valence-electron chi connectivity index (χ4n) is 2.75. The van der Waals surface area contributed by atoms with Crippen molar-refractivity contribution in [2.45, 2.75) is 51.0 Å². The summed E-state index contributed by atoms with van der Waals surface area (Å²) in [5.41, 5.74) is 7.68. The molecule has 0 aromatic rings. The van der Waals surface area contributed by atoms with Gasteiger partial charge in [-0.1, -0.05) is 18.5 Å². The summed E-state index contributed by atoms with van der Waals surface area (Å²) in [6, 6.07) is 0. The first-order valence-electron chi connectivity index (χ1n) is 7.03. The summed E-state index contributed by atoms with van der Waals surface area (Å²) in [6.07, 6.45) is 5.71. The van der Waals surface area contributed by atoms with Crippen LogP contribution in [0.25, 0.3) is 10.4 Å². The van der Waals surface area contributed by atoms with Gasteiger partial charge < -0.3 is 10.1 Å². The third-order valence-corrected chi connectivity index (χ3v) is 4.07. The fourth-order valence-corrected chi connectivity index (χ4v) is 2.75. The van der Waals surface area contributed by atoms with Gasteiger partial charge in [-0.05, 0) is 50.1 Å². The number of nitrogens with zero attached hydrogens (tertiary/aromatic N) is 3. The van der Waals surface area contributed by atoms with Gasteiger partial charge in [-0.2, -0.15) is 0 Å². The Kier molecular flexibility index (Phi) is 6.67. The van der Waals surface area contributed by atoms with Crippen LogP contribution in [0.1, 0.15) is 45.4 Å². The Hall–Kier alpha value is -1.26. The van der Waals surface area contributed by atoms with Crippen molar-refractivity contribution < 1.29 is 9.53 Å². The van der Waals surface area contributed by atoms with Gasteiger partial charge in [0.2, 0.25) is 0 Å². The standard InChI is InChI=1S/C13H24N4O2/c1-3-11-5-7-13(8-6-11,12(18)19-2)15-9-4-10-16-17-14/h11,15H,3-10H2,1-2H3. The Bertz CT molecular complexity index is 332. The second-order valence-electron chi connectivity index (χ2n) is 5.16. The van der Waals surface area contributed by atoms with Crippen LogP contribution in [-0.2, 0) is 9.53 Å². The molecule has 0 bridgehead atoms. The average Bonchev–Trinajstić information content (AvgIpc) is 2.46. The number of carbonyl (C=O) groups excluding carboxylic acids is 1. The van der Waals surface area contributed by atoms with Crippen molar-refractivity contribution in [1.82, 2.24) is 5.32 Å². The molecule has 0 aliphatic heterocycles. The molecule has 0 aromatic heterocycles. The van der Waals surface area contributed by atoms with Gasteiger partial charge in [0.1, 0.15) is 5.54 Å². The van der Waals surface area contributed by atoms with Gasteiger partial charge in [0, 0.05) is 11.5 Å². The highest BCUT2D eigenvalue weighted by Crippen LogP contribution is 2.34. The Balaban J connectivity index is 2.52. The van der Waals surface area contributed by atoms with E-state index in [1.807, 2.05) is 0 Å². The molecule has 0 atom stereocenters. The van der Waals surface area contributed by atoms with Crippen LogP contribution in [0.2, 0.25) is 0 Å². The molecule has 1 saturated carbocycles. The number of hydrogen-bond donors (Lipinski definition) is 1. The van der Waals surface area contributed by atoms with E-state index in [2.05, 4.69) is 22.3 Å². The van der Waals surface area contributed by atoms with Crippen molar-refractivity contribution in [2.24, 2.45) is 11.0 Å². The minimum Gasteiger partial charge on any atom is -0.468 e. The number of hydrogen-bond acceptors (Lipinski definition) is 4. The van der Waals surface area contributed by atoms with Gasteiger partial charge in [-0.3, -0.25) is 4.79 Å². The van der Waals surface area contributed by atoms with Crippen LogP contribution in [0.3, 0.4) is 0 Å². The number of carbonyl (C=O) groups is 1. The number of nitrogens with one attached hydrogen (secondary N) is 1. The molecule has 19 heavy (non-hydrogen) atoms. The quantitative estimate of drug-likeness (QED) is 0.253. The summed E-state index contributed by atoms with van der Waals surface area (Å²) in [6.45, 7) is 3.33. The number of esters is 1. The molecule has 1 aliphatic rings. The highest BCUT2D eigenvalue weighted by atomic mass is 16.5. The predicted octanol–water partition coefficient (Wildman–Crippen LogP) is 2.79. The van der Waals surface area contributed by atoms with Crippen LogP contribution in [0.15, 0.2) is 5.11 Å². The molecule has 0 radical (unpaired) electrons. The Morgan fingerprint density at radius 3 is 2.74 bits per heavy atom. The monoisotopic (exact) mass is 268 g/mol. The van der Waals surface area contributed by atoms with Gasteiger partial charge in [-0.25, -0.2) is 0 Å². The molecule has 1 N–H and O–H groups in total. The lowest BCUT2D eigenvalue weighted by molar-refractivity contribution is -0.150. The van der Waals surface area contributed by atoms with Crippen LogP contribution in [0, 0.1) is 5.92 Å². The van der Waals surface area contributed by atoms with Crippen LogP contribution >= 0.6 is 0 Å². The van der Waals surface area contributed by atoms with Gasteiger partial charge in [0.25, 0.3) is 0 Å². The van der Waals surface area contributed by atoms with Gasteiger partial charge >= 0.3 is 5.97 Å². The number of rotatable bonds is 7. The fraction of sp³-hybridized carbons (Fsp3) is 0.923. The molecule has 0 amide bonds. The number of azide groups is 1. The normalized spacial score (nSPS) is 26.5. The predicted molar refractivity (Wildman–Crippen MR) is 73.6 cm³/mol. The minimum absolute atomic E-state index is 0.161. The Morgan fingerprint density at radius 1 is 1.53 bits per heavy atom. The molecule has 0 spiro atoms. The topological polar surface area (TPSA) is 87.1 Å². The lowest BCUT2D eigenvalue weighted by Crippen LogP contribution is -2.55. The molecule has 0 saturated heterocycles.